The van der Waals surface area contributed by atoms with Crippen molar-refractivity contribution in [2.75, 3.05) is 25.1 Å². The summed E-state index contributed by atoms with van der Waals surface area (Å²) in [6, 6.07) is 10.3. The molecular weight excluding hydrogens is 330 g/mol. The van der Waals surface area contributed by atoms with Crippen LogP contribution in [-0.4, -0.2) is 36.9 Å². The van der Waals surface area contributed by atoms with Gasteiger partial charge in [-0.1, -0.05) is 12.1 Å². The second kappa shape index (κ2) is 6.88. The molecule has 25 heavy (non-hydrogen) atoms. The average Bonchev–Trinajstić information content (AvgIpc) is 2.62. The highest BCUT2D eigenvalue weighted by atomic mass is 19.2. The van der Waals surface area contributed by atoms with Crippen molar-refractivity contribution in [3.8, 4) is 5.75 Å². The largest absolute Gasteiger partial charge is 0.497 e. The first-order chi connectivity index (χ1) is 12.0. The maximum atomic E-state index is 13.4. The van der Waals surface area contributed by atoms with Crippen LogP contribution in [0.15, 0.2) is 42.5 Å². The molecule has 7 heteroatoms. The lowest BCUT2D eigenvalue weighted by atomic mass is 10.1. The molecule has 1 aliphatic rings. The molecule has 1 aliphatic heterocycles. The zero-order valence-electron chi connectivity index (χ0n) is 13.5. The van der Waals surface area contributed by atoms with Crippen LogP contribution in [0.4, 0.5) is 14.5 Å². The van der Waals surface area contributed by atoms with Crippen molar-refractivity contribution in [1.29, 1.82) is 0 Å². The molecule has 2 aromatic carbocycles. The maximum absolute atomic E-state index is 13.4. The van der Waals surface area contributed by atoms with Gasteiger partial charge in [0, 0.05) is 31.4 Å². The zero-order valence-corrected chi connectivity index (χ0v) is 13.5. The van der Waals surface area contributed by atoms with Gasteiger partial charge in [-0.2, -0.15) is 0 Å². The van der Waals surface area contributed by atoms with E-state index in [1.807, 2.05) is 6.07 Å². The summed E-state index contributed by atoms with van der Waals surface area (Å²) in [7, 11) is 1.55. The van der Waals surface area contributed by atoms with E-state index in [2.05, 4.69) is 0 Å². The minimum Gasteiger partial charge on any atom is -0.497 e. The topological polar surface area (TPSA) is 49.9 Å². The van der Waals surface area contributed by atoms with E-state index in [1.54, 1.807) is 25.3 Å². The highest BCUT2D eigenvalue weighted by molar-refractivity contribution is 6.40. The highest BCUT2D eigenvalue weighted by Crippen LogP contribution is 2.22. The van der Waals surface area contributed by atoms with Crippen molar-refractivity contribution in [1.82, 2.24) is 4.90 Å². The Hall–Kier alpha value is -2.96. The third-order valence-electron chi connectivity index (χ3n) is 4.03. The Bertz CT molecular complexity index is 826. The number of hydrogen-bond donors (Lipinski definition) is 0. The van der Waals surface area contributed by atoms with E-state index >= 15 is 0 Å². The summed E-state index contributed by atoms with van der Waals surface area (Å²) in [5.74, 6) is -2.84. The van der Waals surface area contributed by atoms with Crippen LogP contribution >= 0.6 is 0 Å². The molecule has 0 aliphatic carbocycles. The van der Waals surface area contributed by atoms with E-state index in [4.69, 9.17) is 4.74 Å². The number of anilines is 1. The lowest BCUT2D eigenvalue weighted by molar-refractivity contribution is -0.146. The minimum absolute atomic E-state index is 0.165. The number of carbonyl (C=O) groups excluding carboxylic acids is 2. The number of hydrogen-bond acceptors (Lipinski definition) is 3. The highest BCUT2D eigenvalue weighted by Gasteiger charge is 2.33. The second-order valence-corrected chi connectivity index (χ2v) is 5.63. The van der Waals surface area contributed by atoms with E-state index < -0.39 is 23.4 Å². The van der Waals surface area contributed by atoms with Crippen LogP contribution in [0.1, 0.15) is 5.56 Å². The molecule has 0 saturated carbocycles. The number of nitrogens with zero attached hydrogens (tertiary/aromatic N) is 2. The van der Waals surface area contributed by atoms with Gasteiger partial charge in [0.2, 0.25) is 0 Å². The number of benzene rings is 2. The van der Waals surface area contributed by atoms with Crippen LogP contribution < -0.4 is 9.64 Å². The summed E-state index contributed by atoms with van der Waals surface area (Å²) >= 11 is 0. The van der Waals surface area contributed by atoms with Gasteiger partial charge in [-0.05, 0) is 29.8 Å². The van der Waals surface area contributed by atoms with E-state index in [9.17, 15) is 18.4 Å². The Labute approximate surface area is 143 Å². The van der Waals surface area contributed by atoms with Gasteiger partial charge in [-0.3, -0.25) is 9.59 Å². The molecule has 130 valence electrons. The molecule has 0 radical (unpaired) electrons. The van der Waals surface area contributed by atoms with Gasteiger partial charge in [0.15, 0.2) is 11.6 Å². The summed E-state index contributed by atoms with van der Waals surface area (Å²) in [5.41, 5.74) is 1.00. The minimum atomic E-state index is -1.06. The third kappa shape index (κ3) is 3.45. The van der Waals surface area contributed by atoms with Gasteiger partial charge in [0.05, 0.1) is 7.11 Å². The Kier molecular flexibility index (Phi) is 4.65. The van der Waals surface area contributed by atoms with E-state index in [0.717, 1.165) is 22.6 Å². The predicted molar refractivity (Wildman–Crippen MR) is 87.1 cm³/mol. The van der Waals surface area contributed by atoms with Crippen LogP contribution in [-0.2, 0) is 16.1 Å². The fraction of sp³-hybridized carbons (Fsp3) is 0.222. The molecule has 1 saturated heterocycles. The first-order valence-electron chi connectivity index (χ1n) is 7.68. The van der Waals surface area contributed by atoms with Crippen molar-refractivity contribution in [3.63, 3.8) is 0 Å². The average molecular weight is 346 g/mol. The van der Waals surface area contributed by atoms with Gasteiger partial charge in [0.25, 0.3) is 0 Å². The van der Waals surface area contributed by atoms with Crippen LogP contribution in [0.2, 0.25) is 0 Å². The van der Waals surface area contributed by atoms with Crippen molar-refractivity contribution in [2.24, 2.45) is 0 Å². The third-order valence-corrected chi connectivity index (χ3v) is 4.03. The first kappa shape index (κ1) is 16.9. The summed E-state index contributed by atoms with van der Waals surface area (Å²) in [4.78, 5) is 27.3. The van der Waals surface area contributed by atoms with Gasteiger partial charge in [-0.25, -0.2) is 8.78 Å². The van der Waals surface area contributed by atoms with Crippen LogP contribution in [0.5, 0.6) is 5.75 Å². The molecule has 0 aromatic heterocycles. The second-order valence-electron chi connectivity index (χ2n) is 5.63. The van der Waals surface area contributed by atoms with Crippen molar-refractivity contribution >= 4 is 17.5 Å². The van der Waals surface area contributed by atoms with E-state index in [1.165, 1.54) is 11.0 Å². The van der Waals surface area contributed by atoms with Crippen LogP contribution in [0.25, 0.3) is 0 Å². The fourth-order valence-corrected chi connectivity index (χ4v) is 2.72. The smallest absolute Gasteiger partial charge is 0.316 e. The molecule has 0 unspecified atom stereocenters. The molecular formula is C18H16F2N2O3. The molecule has 2 amide bonds. The Balaban J connectivity index is 1.74. The number of carbonyl (C=O) groups is 2. The summed E-state index contributed by atoms with van der Waals surface area (Å²) < 4.78 is 31.6. The van der Waals surface area contributed by atoms with Crippen molar-refractivity contribution in [2.45, 2.75) is 6.54 Å². The quantitative estimate of drug-likeness (QED) is 0.799. The molecule has 0 atom stereocenters. The standard InChI is InChI=1S/C18H16F2N2O3/c1-25-14-4-2-3-12(9-14)11-21-7-8-22(18(24)17(21)23)13-5-6-15(19)16(20)10-13/h2-6,9-10H,7-8,11H2,1H3. The van der Waals surface area contributed by atoms with Gasteiger partial charge in [-0.15, -0.1) is 0 Å². The van der Waals surface area contributed by atoms with Gasteiger partial charge in [0.1, 0.15) is 5.75 Å². The lowest BCUT2D eigenvalue weighted by Crippen LogP contribution is -2.54. The summed E-state index contributed by atoms with van der Waals surface area (Å²) in [6.45, 7) is 0.772. The fourth-order valence-electron chi connectivity index (χ4n) is 2.72. The number of ether oxygens (including phenoxy) is 1. The van der Waals surface area contributed by atoms with Gasteiger partial charge < -0.3 is 14.5 Å². The van der Waals surface area contributed by atoms with Crippen LogP contribution in [0, 0.1) is 11.6 Å². The van der Waals surface area contributed by atoms with E-state index in [-0.39, 0.29) is 18.8 Å². The molecule has 1 heterocycles. The molecule has 2 aromatic rings. The SMILES string of the molecule is COc1cccc(CN2CCN(c3ccc(F)c(F)c3)C(=O)C2=O)c1. The monoisotopic (exact) mass is 346 g/mol. The number of piperazine rings is 1. The van der Waals surface area contributed by atoms with Crippen LogP contribution in [0.3, 0.4) is 0 Å². The summed E-state index contributed by atoms with van der Waals surface area (Å²) in [6.07, 6.45) is 0. The number of methoxy groups -OCH3 is 1. The zero-order chi connectivity index (χ0) is 18.0. The van der Waals surface area contributed by atoms with Gasteiger partial charge >= 0.3 is 11.8 Å². The van der Waals surface area contributed by atoms with Crippen molar-refractivity contribution in [3.05, 3.63) is 59.7 Å². The Morgan fingerprint density at radius 1 is 1.00 bits per heavy atom. The number of amides is 2. The predicted octanol–water partition coefficient (Wildman–Crippen LogP) is 2.35. The first-order valence-corrected chi connectivity index (χ1v) is 7.68. The van der Waals surface area contributed by atoms with Crippen molar-refractivity contribution < 1.29 is 23.1 Å². The molecule has 1 fully saturated rings. The molecule has 0 N–H and O–H groups in total. The molecule has 5 nitrogen and oxygen atoms in total. The maximum Gasteiger partial charge on any atom is 0.316 e. The molecule has 0 spiro atoms. The number of rotatable bonds is 4. The Morgan fingerprint density at radius 3 is 2.52 bits per heavy atom. The normalized spacial score (nSPS) is 14.8. The Morgan fingerprint density at radius 2 is 1.80 bits per heavy atom. The van der Waals surface area contributed by atoms with E-state index in [0.29, 0.717) is 12.3 Å². The molecule has 3 rings (SSSR count). The summed E-state index contributed by atoms with van der Waals surface area (Å²) in [5, 5.41) is 0. The molecule has 0 bridgehead atoms. The lowest BCUT2D eigenvalue weighted by Gasteiger charge is -2.33. The number of halogens is 2.